The Balaban J connectivity index is -0.0000000183. The molecule has 0 N–H and O–H groups in total. The molecule has 0 saturated carbocycles. The van der Waals surface area contributed by atoms with Gasteiger partial charge in [-0.1, -0.05) is 0 Å². The van der Waals surface area contributed by atoms with Crippen LogP contribution in [0.25, 0.3) is 0 Å². The molecule has 0 spiro atoms. The van der Waals surface area contributed by atoms with E-state index in [1.54, 1.807) is 0 Å². The molecule has 8 heavy (non-hydrogen) atoms. The van der Waals surface area contributed by atoms with Gasteiger partial charge in [0.05, 0.1) is 0 Å². The number of hydrogen-bond acceptors (Lipinski definition) is 2. The molecular formula is C3H5O2Pr2Zr-. The van der Waals surface area contributed by atoms with Crippen LogP contribution in [0.15, 0.2) is 0 Å². The molecule has 0 aliphatic heterocycles. The van der Waals surface area contributed by atoms with Crippen molar-refractivity contribution in [2.24, 2.45) is 0 Å². The van der Waals surface area contributed by atoms with E-state index >= 15 is 0 Å². The van der Waals surface area contributed by atoms with Gasteiger partial charge in [0.2, 0.25) is 0 Å². The molecule has 0 aromatic rings. The molecule has 0 saturated heterocycles. The Labute approximate surface area is 131 Å². The predicted octanol–water partition coefficient (Wildman–Crippen LogP) is 0.288. The van der Waals surface area contributed by atoms with Crippen molar-refractivity contribution in [3.8, 4) is 0 Å². The van der Waals surface area contributed by atoms with Crippen molar-refractivity contribution in [2.75, 3.05) is 0 Å². The molecule has 0 amide bonds. The summed E-state index contributed by atoms with van der Waals surface area (Å²) in [6.45, 7) is 4.42. The monoisotopic (exact) mass is 445 g/mol. The van der Waals surface area contributed by atoms with Gasteiger partial charge in [-0.15, -0.1) is 0 Å². The molecule has 0 bridgehead atoms. The van der Waals surface area contributed by atoms with Gasteiger partial charge in [-0.2, -0.15) is 0 Å². The first-order valence-electron chi connectivity index (χ1n) is 1.26. The fraction of sp³-hybridized carbons (Fsp3) is 0.333. The van der Waals surface area contributed by atoms with E-state index in [4.69, 9.17) is 2.81 Å². The standard InChI is InChI=1S/C3H5O.O.2Pr.Zr/c1-3(2)4;;;;/h1H2,2H3;;;;/q-1;;;;. The van der Waals surface area contributed by atoms with Crippen molar-refractivity contribution in [3.05, 3.63) is 6.92 Å². The van der Waals surface area contributed by atoms with Crippen molar-refractivity contribution in [3.63, 3.8) is 0 Å². The Morgan fingerprint density at radius 3 is 1.38 bits per heavy atom. The van der Waals surface area contributed by atoms with Crippen molar-refractivity contribution < 1.29 is 115 Å². The molecule has 0 atom stereocenters. The smallest absolute Gasteiger partial charge is 0 e. The van der Waals surface area contributed by atoms with Gasteiger partial charge in [0, 0.05) is 82.6 Å². The zero-order chi connectivity index (χ0) is 5.58. The number of carbonyl (C=O) groups excluding carboxylic acids is 1. The maximum atomic E-state index is 9.33. The van der Waals surface area contributed by atoms with Gasteiger partial charge in [0.25, 0.3) is 0 Å². The molecule has 40 valence electrons. The van der Waals surface area contributed by atoms with Crippen LogP contribution in [0.2, 0.25) is 0 Å². The van der Waals surface area contributed by atoms with Crippen LogP contribution in [0, 0.1) is 89.5 Å². The van der Waals surface area contributed by atoms with Crippen LogP contribution in [-0.4, -0.2) is 5.78 Å². The fourth-order valence-electron chi connectivity index (χ4n) is 0. The number of Topliss-reactive ketones (excluding diaryl/α,β-unsaturated/α-hetero) is 1. The maximum absolute atomic E-state index is 9.33. The predicted molar refractivity (Wildman–Crippen MR) is 16.7 cm³/mol. The molecule has 0 unspecified atom stereocenters. The summed E-state index contributed by atoms with van der Waals surface area (Å²) in [7, 11) is 0. The molecule has 2 nitrogen and oxygen atoms in total. The summed E-state index contributed by atoms with van der Waals surface area (Å²) < 4.78 is 8.34. The van der Waals surface area contributed by atoms with Crippen molar-refractivity contribution in [1.82, 2.24) is 0 Å². The molecule has 5 heteroatoms. The van der Waals surface area contributed by atoms with Crippen LogP contribution in [0.1, 0.15) is 6.92 Å². The molecule has 0 heterocycles. The quantitative estimate of drug-likeness (QED) is 0.502. The topological polar surface area (TPSA) is 34.1 Å². The van der Waals surface area contributed by atoms with Gasteiger partial charge in [-0.05, 0) is 12.7 Å². The minimum Gasteiger partial charge on any atom is 0 e. The maximum Gasteiger partial charge on any atom is 0 e. The number of hydrogen-bond donors (Lipinski definition) is 0. The first-order valence-corrected chi connectivity index (χ1v) is 2.27. The van der Waals surface area contributed by atoms with E-state index in [1.165, 1.54) is 6.92 Å². The van der Waals surface area contributed by atoms with Crippen LogP contribution >= 0.6 is 0 Å². The van der Waals surface area contributed by atoms with E-state index < -0.39 is 0 Å². The third-order valence-corrected chi connectivity index (χ3v) is 0. The van der Waals surface area contributed by atoms with Crippen molar-refractivity contribution in [1.29, 1.82) is 0 Å². The normalized spacial score (nSPS) is 3.50. The Hall–Kier alpha value is 2.95. The second-order valence-corrected chi connectivity index (χ2v) is 0.702. The number of rotatable bonds is 0. The third-order valence-electron chi connectivity index (χ3n) is 0. The van der Waals surface area contributed by atoms with Gasteiger partial charge < -0.3 is 11.7 Å². The molecule has 0 rings (SSSR count). The van der Waals surface area contributed by atoms with Gasteiger partial charge in [0.1, 0.15) is 0 Å². The summed E-state index contributed by atoms with van der Waals surface area (Å²) in [6.07, 6.45) is 0. The minimum atomic E-state index is -0.0833. The van der Waals surface area contributed by atoms with Gasteiger partial charge >= 0.3 is 27.5 Å². The summed E-state index contributed by atoms with van der Waals surface area (Å²) in [5, 5.41) is 0. The fourth-order valence-corrected chi connectivity index (χ4v) is 0. The summed E-state index contributed by atoms with van der Waals surface area (Å²) in [4.78, 5) is 9.33. The largest absolute Gasteiger partial charge is 0 e. The van der Waals surface area contributed by atoms with Crippen molar-refractivity contribution in [2.45, 2.75) is 6.92 Å². The van der Waals surface area contributed by atoms with Crippen LogP contribution in [-0.2, 0) is 32.3 Å². The van der Waals surface area contributed by atoms with E-state index in [9.17, 15) is 4.79 Å². The van der Waals surface area contributed by atoms with Crippen LogP contribution in [0.5, 0.6) is 0 Å². The average Bonchev–Trinajstić information content (AvgIpc) is 1.41. The second kappa shape index (κ2) is 22.5. The first kappa shape index (κ1) is 22.4. The van der Waals surface area contributed by atoms with Crippen LogP contribution in [0.4, 0.5) is 0 Å². The van der Waals surface area contributed by atoms with E-state index in [2.05, 4.69) is 6.92 Å². The van der Waals surface area contributed by atoms with E-state index in [-0.39, 0.29) is 88.4 Å². The molecule has 2 radical (unpaired) electrons. The summed E-state index contributed by atoms with van der Waals surface area (Å²) in [6, 6.07) is 0. The average molecular weight is 446 g/mol. The van der Waals surface area contributed by atoms with E-state index in [0.717, 1.165) is 0 Å². The van der Waals surface area contributed by atoms with Gasteiger partial charge in [-0.3, -0.25) is 0 Å². The Morgan fingerprint density at radius 1 is 1.38 bits per heavy atom. The van der Waals surface area contributed by atoms with Crippen LogP contribution < -0.4 is 0 Å². The third kappa shape index (κ3) is 65.0. The zero-order valence-electron chi connectivity index (χ0n) is 4.68. The minimum absolute atomic E-state index is 0. The molecular weight excluding hydrogens is 441 g/mol. The second-order valence-electron chi connectivity index (χ2n) is 0.702. The molecule has 0 aromatic heterocycles. The molecule has 0 aromatic carbocycles. The van der Waals surface area contributed by atoms with Gasteiger partial charge in [-0.25, -0.2) is 0 Å². The molecule has 0 fully saturated rings. The van der Waals surface area contributed by atoms with E-state index in [0.29, 0.717) is 24.7 Å². The van der Waals surface area contributed by atoms with Crippen molar-refractivity contribution >= 4 is 5.78 Å². The van der Waals surface area contributed by atoms with Gasteiger partial charge in [0.15, 0.2) is 0 Å². The molecule has 0 aliphatic rings. The Bertz CT molecular complexity index is 46.5. The first-order chi connectivity index (χ1) is 2.73. The SMILES string of the molecule is [CH2-]C(C)=O.[O]=[Zr].[Pr].[Pr]. The summed E-state index contributed by atoms with van der Waals surface area (Å²) in [5.41, 5.74) is 0. The zero-order valence-corrected chi connectivity index (χ0v) is 14.5. The number of carbonyl (C=O) groups is 1. The Kier molecular flexibility index (Phi) is 63.2. The number of ketones is 1. The van der Waals surface area contributed by atoms with E-state index in [1.807, 2.05) is 0 Å². The summed E-state index contributed by atoms with van der Waals surface area (Å²) in [5.74, 6) is -0.0833. The molecule has 0 aliphatic carbocycles. The van der Waals surface area contributed by atoms with Crippen LogP contribution in [0.3, 0.4) is 0 Å². The summed E-state index contributed by atoms with van der Waals surface area (Å²) >= 11 is 0.300. The Morgan fingerprint density at radius 2 is 1.38 bits per heavy atom.